The number of aliphatic hydroxyl groups is 1. The van der Waals surface area contributed by atoms with E-state index >= 15 is 9.59 Å². The Kier molecular flexibility index (Phi) is 23.0. The average Bonchev–Trinajstić information content (AvgIpc) is 3.48. The van der Waals surface area contributed by atoms with Gasteiger partial charge in [-0.3, -0.25) is 9.59 Å². The molecule has 2 saturated heterocycles. The van der Waals surface area contributed by atoms with Crippen LogP contribution in [0.4, 0.5) is 0 Å². The zero-order valence-corrected chi connectivity index (χ0v) is 46.7. The number of hydrogen-bond donors (Lipinski definition) is 1. The topological polar surface area (TPSA) is 189 Å². The van der Waals surface area contributed by atoms with Crippen LogP contribution < -0.4 is 0 Å². The minimum Gasteiger partial charge on any atom is -0.458 e. The fourth-order valence-corrected chi connectivity index (χ4v) is 9.29. The molecule has 2 heterocycles. The van der Waals surface area contributed by atoms with Crippen LogP contribution in [-0.4, -0.2) is 106 Å². The van der Waals surface area contributed by atoms with Crippen molar-refractivity contribution in [2.75, 3.05) is 7.11 Å². The molecule has 0 spiro atoms. The van der Waals surface area contributed by atoms with Crippen molar-refractivity contribution in [3.05, 3.63) is 48.0 Å². The lowest BCUT2D eigenvalue weighted by atomic mass is 9.74. The van der Waals surface area contributed by atoms with Crippen molar-refractivity contribution in [1.29, 1.82) is 0 Å². The molecule has 1 aromatic rings. The van der Waals surface area contributed by atoms with Gasteiger partial charge in [0.1, 0.15) is 22.9 Å². The van der Waals surface area contributed by atoms with Crippen molar-refractivity contribution in [3.8, 4) is 0 Å². The van der Waals surface area contributed by atoms with Gasteiger partial charge in [0, 0.05) is 32.8 Å². The maximum Gasteiger partial charge on any atom is 0.347 e. The van der Waals surface area contributed by atoms with Gasteiger partial charge in [-0.15, -0.1) is 0 Å². The van der Waals surface area contributed by atoms with Gasteiger partial charge in [0.15, 0.2) is 18.0 Å². The van der Waals surface area contributed by atoms with E-state index < -0.39 is 93.8 Å². The summed E-state index contributed by atoms with van der Waals surface area (Å²) in [5, 5.41) is 13.5. The number of ether oxygens (including phenoxy) is 9. The Balaban J connectivity index is 2.23. The van der Waals surface area contributed by atoms with Gasteiger partial charge < -0.3 is 47.7 Å². The predicted octanol–water partition coefficient (Wildman–Crippen LogP) is 10.9. The molecule has 2 aliphatic rings. The monoisotopic (exact) mass is 1020 g/mol. The number of carbonyl (C=O) groups excluding carboxylic acids is 5. The highest BCUT2D eigenvalue weighted by molar-refractivity contribution is 6.00. The molecule has 2 aliphatic heterocycles. The minimum atomic E-state index is -3.48. The van der Waals surface area contributed by atoms with Gasteiger partial charge in [-0.2, -0.15) is 0 Å². The first-order valence-electron chi connectivity index (χ1n) is 26.5. The maximum atomic E-state index is 15.5. The van der Waals surface area contributed by atoms with Crippen LogP contribution in [0.2, 0.25) is 0 Å². The second-order valence-corrected chi connectivity index (χ2v) is 23.4. The lowest BCUT2D eigenvalue weighted by Gasteiger charge is -2.51. The van der Waals surface area contributed by atoms with Gasteiger partial charge in [0.2, 0.25) is 17.5 Å². The Bertz CT molecular complexity index is 1930. The summed E-state index contributed by atoms with van der Waals surface area (Å²) in [6, 6.07) is 9.65. The maximum absolute atomic E-state index is 15.5. The van der Waals surface area contributed by atoms with E-state index in [2.05, 4.69) is 13.5 Å². The van der Waals surface area contributed by atoms with Gasteiger partial charge in [0.25, 0.3) is 5.60 Å². The number of rotatable bonds is 29. The number of methoxy groups -OCH3 is 1. The smallest absolute Gasteiger partial charge is 0.347 e. The molecule has 410 valence electrons. The molecule has 15 heteroatoms. The Labute approximate surface area is 431 Å². The number of fused-ring (bicyclic) bond motifs is 2. The van der Waals surface area contributed by atoms with Crippen LogP contribution in [0, 0.1) is 5.92 Å². The molecule has 1 aromatic carbocycles. The third-order valence-electron chi connectivity index (χ3n) is 12.8. The van der Waals surface area contributed by atoms with Crippen LogP contribution >= 0.6 is 0 Å². The van der Waals surface area contributed by atoms with Crippen LogP contribution in [0.25, 0.3) is 0 Å². The van der Waals surface area contributed by atoms with Crippen LogP contribution in [0.1, 0.15) is 205 Å². The largest absolute Gasteiger partial charge is 0.458 e. The first-order valence-corrected chi connectivity index (χ1v) is 26.5. The van der Waals surface area contributed by atoms with E-state index in [1.165, 1.54) is 79.8 Å². The van der Waals surface area contributed by atoms with Crippen molar-refractivity contribution in [2.45, 2.75) is 270 Å². The fraction of sp³-hybridized carbons (Fsp3) is 0.772. The first-order chi connectivity index (χ1) is 33.4. The van der Waals surface area contributed by atoms with Gasteiger partial charge >= 0.3 is 29.8 Å². The molecule has 2 bridgehead atoms. The highest BCUT2D eigenvalue weighted by Crippen LogP contribution is 2.59. The summed E-state index contributed by atoms with van der Waals surface area (Å²) in [4.78, 5) is 72.4. The molecule has 0 aromatic heterocycles. The Morgan fingerprint density at radius 1 is 0.708 bits per heavy atom. The normalized spacial score (nSPS) is 24.2. The SMILES string of the molecule is C=C(CC[C@@]12O[C@H](C(=O)OC(C)(C)C)[C@@](O)(C(=O)OC(C)(C)C)[C@@](C(=O)OC(C)(C)C)(O1)[C@H](OC(=O)CCCCCCCCCCCCCCC)[C@H]2OC(C)(C)OC)C(OC(C)=O)C(C)Cc1ccccc1. The molecular formula is C57H92O15. The molecule has 0 radical (unpaired) electrons. The molecule has 2 unspecified atom stereocenters. The van der Waals surface area contributed by atoms with Crippen LogP contribution in [0.5, 0.6) is 0 Å². The summed E-state index contributed by atoms with van der Waals surface area (Å²) < 4.78 is 56.1. The van der Waals surface area contributed by atoms with E-state index in [1.807, 2.05) is 37.3 Å². The van der Waals surface area contributed by atoms with Crippen LogP contribution in [0.15, 0.2) is 42.5 Å². The quantitative estimate of drug-likeness (QED) is 0.0262. The zero-order chi connectivity index (χ0) is 54.3. The lowest BCUT2D eigenvalue weighted by molar-refractivity contribution is -0.387. The summed E-state index contributed by atoms with van der Waals surface area (Å²) in [5.41, 5.74) is -9.11. The third kappa shape index (κ3) is 17.6. The van der Waals surface area contributed by atoms with Crippen molar-refractivity contribution in [3.63, 3.8) is 0 Å². The highest BCUT2D eigenvalue weighted by atomic mass is 16.8. The molecule has 15 nitrogen and oxygen atoms in total. The minimum absolute atomic E-state index is 0.0831. The van der Waals surface area contributed by atoms with Gasteiger partial charge in [-0.05, 0) is 107 Å². The van der Waals surface area contributed by atoms with E-state index in [1.54, 1.807) is 55.4 Å². The zero-order valence-electron chi connectivity index (χ0n) is 46.7. The van der Waals surface area contributed by atoms with Gasteiger partial charge in [-0.25, -0.2) is 14.4 Å². The Morgan fingerprint density at radius 2 is 1.21 bits per heavy atom. The van der Waals surface area contributed by atoms with Crippen LogP contribution in [0.3, 0.4) is 0 Å². The average molecular weight is 1020 g/mol. The molecule has 0 saturated carbocycles. The van der Waals surface area contributed by atoms with E-state index in [-0.39, 0.29) is 25.2 Å². The number of esters is 5. The molecule has 1 N–H and O–H groups in total. The number of unbranched alkanes of at least 4 members (excludes halogenated alkanes) is 12. The predicted molar refractivity (Wildman–Crippen MR) is 273 cm³/mol. The summed E-state index contributed by atoms with van der Waals surface area (Å²) in [6.07, 6.45) is 6.98. The molecule has 2 fully saturated rings. The van der Waals surface area contributed by atoms with E-state index in [9.17, 15) is 19.5 Å². The summed E-state index contributed by atoms with van der Waals surface area (Å²) in [5.74, 6) is -9.77. The van der Waals surface area contributed by atoms with E-state index in [4.69, 9.17) is 42.6 Å². The van der Waals surface area contributed by atoms with Crippen molar-refractivity contribution in [2.24, 2.45) is 5.92 Å². The number of benzene rings is 1. The summed E-state index contributed by atoms with van der Waals surface area (Å²) in [6.45, 7) is 26.9. The van der Waals surface area contributed by atoms with Crippen molar-refractivity contribution in [1.82, 2.24) is 0 Å². The van der Waals surface area contributed by atoms with E-state index in [0.29, 0.717) is 24.8 Å². The van der Waals surface area contributed by atoms with Crippen molar-refractivity contribution < 1.29 is 71.7 Å². The lowest BCUT2D eigenvalue weighted by Crippen LogP contribution is -2.79. The first kappa shape index (κ1) is 62.4. The van der Waals surface area contributed by atoms with Crippen molar-refractivity contribution >= 4 is 29.8 Å². The van der Waals surface area contributed by atoms with Gasteiger partial charge in [-0.1, -0.05) is 128 Å². The Hall–Kier alpha value is -3.89. The molecule has 72 heavy (non-hydrogen) atoms. The molecule has 0 aliphatic carbocycles. The van der Waals surface area contributed by atoms with E-state index in [0.717, 1.165) is 31.2 Å². The molecular weight excluding hydrogens is 925 g/mol. The number of hydrogen-bond acceptors (Lipinski definition) is 15. The molecule has 0 amide bonds. The highest BCUT2D eigenvalue weighted by Gasteiger charge is 2.87. The molecule has 3 rings (SSSR count). The summed E-state index contributed by atoms with van der Waals surface area (Å²) in [7, 11) is 1.37. The van der Waals surface area contributed by atoms with Gasteiger partial charge in [0.05, 0.1) is 0 Å². The fourth-order valence-electron chi connectivity index (χ4n) is 9.29. The third-order valence-corrected chi connectivity index (χ3v) is 12.8. The standard InChI is InChI=1S/C57H92O15/c1-17-18-19-20-21-22-23-24-25-26-27-28-32-35-43(59)66-46-45(67-54(14,15)64-16)55(37-36-39(2)44(65-41(4)58)40(3)38-42-33-30-29-31-34-42)68-47(48(60)69-51(5,6)7)56(63,49(61)70-52(8,9)10)57(46,72-55)50(62)71-53(11,12)13/h29-31,33-34,40,44-47,63H,2,17-28,32,35-38H2,1,3-16H3/t40?,44?,45-,46-,47-,55-,56-,57-/m1/s1. The summed E-state index contributed by atoms with van der Waals surface area (Å²) >= 11 is 0. The second kappa shape index (κ2) is 26.5. The Morgan fingerprint density at radius 3 is 1.69 bits per heavy atom. The molecule has 8 atom stereocenters. The van der Waals surface area contributed by atoms with Crippen LogP contribution in [-0.2, 0) is 73.0 Å². The second-order valence-electron chi connectivity index (χ2n) is 23.4. The number of carbonyl (C=O) groups is 5.